The second-order valence-corrected chi connectivity index (χ2v) is 6.98. The van der Waals surface area contributed by atoms with Crippen molar-refractivity contribution < 1.29 is 13.2 Å². The van der Waals surface area contributed by atoms with E-state index in [1.807, 2.05) is 19.9 Å². The van der Waals surface area contributed by atoms with E-state index in [9.17, 15) is 8.42 Å². The molecule has 1 N–H and O–H groups in total. The summed E-state index contributed by atoms with van der Waals surface area (Å²) in [6, 6.07) is 5.37. The molecule has 1 aliphatic heterocycles. The number of benzene rings is 1. The third-order valence-electron chi connectivity index (χ3n) is 3.69. The summed E-state index contributed by atoms with van der Waals surface area (Å²) in [5, 5.41) is 3.30. The van der Waals surface area contributed by atoms with Crippen LogP contribution in [0.15, 0.2) is 23.1 Å². The van der Waals surface area contributed by atoms with E-state index in [2.05, 4.69) is 5.32 Å². The second-order valence-electron chi connectivity index (χ2n) is 5.04. The van der Waals surface area contributed by atoms with Gasteiger partial charge in [-0.2, -0.15) is 4.31 Å². The average molecular weight is 312 g/mol. The molecular formula is C15H24N2O3S. The Balaban J connectivity index is 2.21. The van der Waals surface area contributed by atoms with E-state index >= 15 is 0 Å². The highest BCUT2D eigenvalue weighted by atomic mass is 32.2. The van der Waals surface area contributed by atoms with Gasteiger partial charge in [-0.15, -0.1) is 0 Å². The van der Waals surface area contributed by atoms with Gasteiger partial charge < -0.3 is 10.1 Å². The van der Waals surface area contributed by atoms with Gasteiger partial charge in [0.15, 0.2) is 0 Å². The number of aryl methyl sites for hydroxylation is 1. The van der Waals surface area contributed by atoms with Crippen LogP contribution in [0.25, 0.3) is 0 Å². The highest BCUT2D eigenvalue weighted by molar-refractivity contribution is 7.89. The zero-order valence-electron chi connectivity index (χ0n) is 12.8. The first kappa shape index (κ1) is 16.3. The van der Waals surface area contributed by atoms with Gasteiger partial charge in [0.2, 0.25) is 10.0 Å². The third-order valence-corrected chi connectivity index (χ3v) is 5.66. The molecule has 0 saturated heterocycles. The molecule has 118 valence electrons. The van der Waals surface area contributed by atoms with Crippen LogP contribution in [0.2, 0.25) is 0 Å². The maximum Gasteiger partial charge on any atom is 0.243 e. The molecule has 0 radical (unpaired) electrons. The average Bonchev–Trinajstić information content (AvgIpc) is 2.51. The first-order valence-electron chi connectivity index (χ1n) is 7.54. The summed E-state index contributed by atoms with van der Waals surface area (Å²) in [5.41, 5.74) is 2.14. The topological polar surface area (TPSA) is 58.6 Å². The molecule has 21 heavy (non-hydrogen) atoms. The Labute approximate surface area is 127 Å². The normalized spacial score (nSPS) is 14.8. The summed E-state index contributed by atoms with van der Waals surface area (Å²) >= 11 is 0. The number of sulfonamides is 1. The van der Waals surface area contributed by atoms with Crippen LogP contribution in [0, 0.1) is 0 Å². The molecule has 0 atom stereocenters. The van der Waals surface area contributed by atoms with E-state index < -0.39 is 10.0 Å². The van der Waals surface area contributed by atoms with Crippen LogP contribution in [0.4, 0.5) is 5.69 Å². The Morgan fingerprint density at radius 3 is 2.86 bits per heavy atom. The lowest BCUT2D eigenvalue weighted by molar-refractivity contribution is 0.135. The maximum atomic E-state index is 12.7. The largest absolute Gasteiger partial charge is 0.385 e. The van der Waals surface area contributed by atoms with Gasteiger partial charge in [0.25, 0.3) is 0 Å². The fourth-order valence-electron chi connectivity index (χ4n) is 2.52. The van der Waals surface area contributed by atoms with Gasteiger partial charge in [-0.3, -0.25) is 0 Å². The molecule has 6 heteroatoms. The Hall–Kier alpha value is -1.11. The lowest BCUT2D eigenvalue weighted by atomic mass is 10.0. The van der Waals surface area contributed by atoms with Crippen molar-refractivity contribution in [1.82, 2.24) is 4.31 Å². The molecule has 0 fully saturated rings. The van der Waals surface area contributed by atoms with Gasteiger partial charge in [-0.1, -0.05) is 6.92 Å². The monoisotopic (exact) mass is 312 g/mol. The summed E-state index contributed by atoms with van der Waals surface area (Å²) in [6.07, 6.45) is 1.97. The molecule has 0 saturated carbocycles. The summed E-state index contributed by atoms with van der Waals surface area (Å²) in [7, 11) is -3.44. The van der Waals surface area contributed by atoms with Gasteiger partial charge in [0.05, 0.1) is 11.5 Å². The van der Waals surface area contributed by atoms with Crippen molar-refractivity contribution in [1.29, 1.82) is 0 Å². The number of anilines is 1. The van der Waals surface area contributed by atoms with Gasteiger partial charge in [-0.05, 0) is 43.5 Å². The van der Waals surface area contributed by atoms with Gasteiger partial charge >= 0.3 is 0 Å². The van der Waals surface area contributed by atoms with Gasteiger partial charge in [-0.25, -0.2) is 8.42 Å². The van der Waals surface area contributed by atoms with Crippen molar-refractivity contribution in [3.05, 3.63) is 23.8 Å². The van der Waals surface area contributed by atoms with Crippen molar-refractivity contribution in [3.63, 3.8) is 0 Å². The standard InChI is InChI=1S/C15H24N2O3S/c1-3-17(10-11-20-4-2)21(18,19)14-7-8-15-13(12-14)6-5-9-16-15/h7-8,12,16H,3-6,9-11H2,1-2H3. The number of fused-ring (bicyclic) bond motifs is 1. The van der Waals surface area contributed by atoms with Crippen LogP contribution in [0.5, 0.6) is 0 Å². The first-order valence-corrected chi connectivity index (χ1v) is 8.98. The predicted molar refractivity (Wildman–Crippen MR) is 84.2 cm³/mol. The molecule has 0 amide bonds. The minimum Gasteiger partial charge on any atom is -0.385 e. The highest BCUT2D eigenvalue weighted by Crippen LogP contribution is 2.26. The number of nitrogens with zero attached hydrogens (tertiary/aromatic N) is 1. The second kappa shape index (κ2) is 7.24. The van der Waals surface area contributed by atoms with Crippen LogP contribution >= 0.6 is 0 Å². The van der Waals surface area contributed by atoms with Crippen LogP contribution in [-0.2, 0) is 21.2 Å². The Kier molecular flexibility index (Phi) is 5.61. The van der Waals surface area contributed by atoms with Crippen LogP contribution in [0.1, 0.15) is 25.8 Å². The molecule has 1 heterocycles. The number of rotatable bonds is 7. The van der Waals surface area contributed by atoms with Crippen LogP contribution < -0.4 is 5.32 Å². The van der Waals surface area contributed by atoms with Crippen molar-refractivity contribution >= 4 is 15.7 Å². The molecule has 0 bridgehead atoms. The molecular weight excluding hydrogens is 288 g/mol. The van der Waals surface area contributed by atoms with Crippen molar-refractivity contribution in [2.75, 3.05) is 38.2 Å². The summed E-state index contributed by atoms with van der Waals surface area (Å²) in [5.74, 6) is 0. The van der Waals surface area contributed by atoms with E-state index in [1.165, 1.54) is 4.31 Å². The van der Waals surface area contributed by atoms with Gasteiger partial charge in [0.1, 0.15) is 0 Å². The highest BCUT2D eigenvalue weighted by Gasteiger charge is 2.24. The Bertz CT molecular complexity index is 572. The molecule has 2 rings (SSSR count). The summed E-state index contributed by atoms with van der Waals surface area (Å²) < 4.78 is 32.1. The number of nitrogens with one attached hydrogen (secondary N) is 1. The number of ether oxygens (including phenoxy) is 1. The summed E-state index contributed by atoms with van der Waals surface area (Å²) in [4.78, 5) is 0.378. The smallest absolute Gasteiger partial charge is 0.243 e. The van der Waals surface area contributed by atoms with E-state index in [0.29, 0.717) is 31.2 Å². The predicted octanol–water partition coefficient (Wildman–Crippen LogP) is 2.09. The molecule has 1 aromatic rings. The van der Waals surface area contributed by atoms with Crippen LogP contribution in [-0.4, -0.2) is 45.6 Å². The Morgan fingerprint density at radius 2 is 2.14 bits per heavy atom. The van der Waals surface area contributed by atoms with E-state index in [0.717, 1.165) is 30.6 Å². The fraction of sp³-hybridized carbons (Fsp3) is 0.600. The van der Waals surface area contributed by atoms with Gasteiger partial charge in [0, 0.05) is 31.9 Å². The van der Waals surface area contributed by atoms with Crippen molar-refractivity contribution in [3.8, 4) is 0 Å². The quantitative estimate of drug-likeness (QED) is 0.783. The number of hydrogen-bond acceptors (Lipinski definition) is 4. The van der Waals surface area contributed by atoms with E-state index in [-0.39, 0.29) is 0 Å². The van der Waals surface area contributed by atoms with E-state index in [4.69, 9.17) is 4.74 Å². The zero-order chi connectivity index (χ0) is 15.3. The lowest BCUT2D eigenvalue weighted by Gasteiger charge is -2.23. The van der Waals surface area contributed by atoms with E-state index in [1.54, 1.807) is 12.1 Å². The molecule has 0 spiro atoms. The SMILES string of the molecule is CCOCCN(CC)S(=O)(=O)c1ccc2c(c1)CCCN2. The molecule has 0 aromatic heterocycles. The minimum atomic E-state index is -3.44. The number of likely N-dealkylation sites (N-methyl/N-ethyl adjacent to an activating group) is 1. The molecule has 0 unspecified atom stereocenters. The first-order chi connectivity index (χ1) is 10.1. The Morgan fingerprint density at radius 1 is 1.33 bits per heavy atom. The molecule has 0 aliphatic carbocycles. The van der Waals surface area contributed by atoms with Crippen molar-refractivity contribution in [2.45, 2.75) is 31.6 Å². The zero-order valence-corrected chi connectivity index (χ0v) is 13.6. The molecule has 5 nitrogen and oxygen atoms in total. The maximum absolute atomic E-state index is 12.7. The van der Waals surface area contributed by atoms with Crippen molar-refractivity contribution in [2.24, 2.45) is 0 Å². The molecule has 1 aliphatic rings. The fourth-order valence-corrected chi connectivity index (χ4v) is 4.00. The van der Waals surface area contributed by atoms with Crippen LogP contribution in [0.3, 0.4) is 0 Å². The third kappa shape index (κ3) is 3.75. The summed E-state index contributed by atoms with van der Waals surface area (Å²) in [6.45, 7) is 6.57. The number of hydrogen-bond donors (Lipinski definition) is 1. The molecule has 1 aromatic carbocycles. The lowest BCUT2D eigenvalue weighted by Crippen LogP contribution is -2.34. The minimum absolute atomic E-state index is 0.378.